The lowest BCUT2D eigenvalue weighted by atomic mass is 10.0. The van der Waals surface area contributed by atoms with Crippen LogP contribution >= 0.6 is 34.2 Å². The van der Waals surface area contributed by atoms with Gasteiger partial charge in [-0.2, -0.15) is 0 Å². The van der Waals surface area contributed by atoms with E-state index in [9.17, 15) is 0 Å². The normalized spacial score (nSPS) is 10.3. The molecular formula is C13H10ClI. The number of halogens is 2. The van der Waals surface area contributed by atoms with Crippen LogP contribution in [0.5, 0.6) is 0 Å². The van der Waals surface area contributed by atoms with E-state index in [2.05, 4.69) is 59.8 Å². The molecule has 0 radical (unpaired) electrons. The summed E-state index contributed by atoms with van der Waals surface area (Å²) in [6.45, 7) is 2.08. The predicted octanol–water partition coefficient (Wildman–Crippen LogP) is 4.92. The van der Waals surface area contributed by atoms with Gasteiger partial charge >= 0.3 is 0 Å². The zero-order valence-corrected chi connectivity index (χ0v) is 11.2. The Balaban J connectivity index is 2.58. The van der Waals surface area contributed by atoms with Crippen molar-refractivity contribution in [2.75, 3.05) is 0 Å². The molecule has 0 spiro atoms. The van der Waals surface area contributed by atoms with Crippen LogP contribution in [-0.4, -0.2) is 0 Å². The molecule has 0 aromatic heterocycles. The Morgan fingerprint density at radius 1 is 1.00 bits per heavy atom. The fourth-order valence-electron chi connectivity index (χ4n) is 1.61. The van der Waals surface area contributed by atoms with Gasteiger partial charge in [0.15, 0.2) is 0 Å². The summed E-state index contributed by atoms with van der Waals surface area (Å²) in [5, 5.41) is 0.816. The number of hydrogen-bond donors (Lipinski definition) is 0. The molecule has 0 atom stereocenters. The van der Waals surface area contributed by atoms with Crippen molar-refractivity contribution < 1.29 is 0 Å². The van der Waals surface area contributed by atoms with Gasteiger partial charge in [-0.15, -0.1) is 0 Å². The van der Waals surface area contributed by atoms with Gasteiger partial charge in [0.2, 0.25) is 0 Å². The zero-order valence-electron chi connectivity index (χ0n) is 8.30. The van der Waals surface area contributed by atoms with Gasteiger partial charge in [0.1, 0.15) is 0 Å². The molecular weight excluding hydrogens is 318 g/mol. The molecule has 0 fully saturated rings. The Bertz CT molecular complexity index is 454. The van der Waals surface area contributed by atoms with E-state index in [1.54, 1.807) is 0 Å². The van der Waals surface area contributed by atoms with Crippen molar-refractivity contribution in [3.63, 3.8) is 0 Å². The maximum Gasteiger partial charge on any atom is 0.0487 e. The molecule has 0 heterocycles. The SMILES string of the molecule is Cc1cccc(Cl)c1-c1ccc(I)cc1. The second-order valence-corrected chi connectivity index (χ2v) is 5.09. The van der Waals surface area contributed by atoms with Gasteiger partial charge in [-0.1, -0.05) is 35.9 Å². The Kier molecular flexibility index (Phi) is 3.32. The van der Waals surface area contributed by atoms with E-state index in [0.29, 0.717) is 0 Å². The molecule has 0 aliphatic heterocycles. The molecule has 0 bridgehead atoms. The maximum absolute atomic E-state index is 6.20. The van der Waals surface area contributed by atoms with Crippen molar-refractivity contribution in [1.29, 1.82) is 0 Å². The Labute approximate surface area is 108 Å². The number of hydrogen-bond acceptors (Lipinski definition) is 0. The molecule has 2 rings (SSSR count). The van der Waals surface area contributed by atoms with Crippen LogP contribution in [0.3, 0.4) is 0 Å². The summed E-state index contributed by atoms with van der Waals surface area (Å²) >= 11 is 8.50. The highest BCUT2D eigenvalue weighted by molar-refractivity contribution is 14.1. The average Bonchev–Trinajstić information content (AvgIpc) is 2.20. The van der Waals surface area contributed by atoms with Crippen LogP contribution in [0.15, 0.2) is 42.5 Å². The predicted molar refractivity (Wildman–Crippen MR) is 74.3 cm³/mol. The monoisotopic (exact) mass is 328 g/mol. The molecule has 76 valence electrons. The Morgan fingerprint density at radius 3 is 2.27 bits per heavy atom. The highest BCUT2D eigenvalue weighted by atomic mass is 127. The van der Waals surface area contributed by atoms with Gasteiger partial charge < -0.3 is 0 Å². The summed E-state index contributed by atoms with van der Waals surface area (Å²) in [7, 11) is 0. The lowest BCUT2D eigenvalue weighted by molar-refractivity contribution is 1.45. The van der Waals surface area contributed by atoms with Crippen molar-refractivity contribution in [3.8, 4) is 11.1 Å². The highest BCUT2D eigenvalue weighted by Gasteiger charge is 2.05. The Morgan fingerprint density at radius 2 is 1.67 bits per heavy atom. The van der Waals surface area contributed by atoms with Crippen LogP contribution in [0.4, 0.5) is 0 Å². The van der Waals surface area contributed by atoms with Crippen LogP contribution in [0.1, 0.15) is 5.56 Å². The highest BCUT2D eigenvalue weighted by Crippen LogP contribution is 2.31. The summed E-state index contributed by atoms with van der Waals surface area (Å²) in [5.74, 6) is 0. The first-order valence-electron chi connectivity index (χ1n) is 4.69. The minimum absolute atomic E-state index is 0.816. The van der Waals surface area contributed by atoms with Crippen molar-refractivity contribution >= 4 is 34.2 Å². The fourth-order valence-corrected chi connectivity index (χ4v) is 2.30. The number of rotatable bonds is 1. The first-order valence-corrected chi connectivity index (χ1v) is 6.15. The van der Waals surface area contributed by atoms with Gasteiger partial charge in [0.25, 0.3) is 0 Å². The first kappa shape index (κ1) is 11.0. The van der Waals surface area contributed by atoms with Gasteiger partial charge in [-0.05, 0) is 58.8 Å². The van der Waals surface area contributed by atoms with Crippen molar-refractivity contribution in [2.45, 2.75) is 6.92 Å². The molecule has 0 aliphatic rings. The topological polar surface area (TPSA) is 0 Å². The van der Waals surface area contributed by atoms with Crippen LogP contribution in [-0.2, 0) is 0 Å². The molecule has 2 aromatic rings. The third-order valence-electron chi connectivity index (χ3n) is 2.35. The second-order valence-electron chi connectivity index (χ2n) is 3.44. The van der Waals surface area contributed by atoms with E-state index in [1.165, 1.54) is 14.7 Å². The summed E-state index contributed by atoms with van der Waals surface area (Å²) in [4.78, 5) is 0. The average molecular weight is 329 g/mol. The smallest absolute Gasteiger partial charge is 0.0487 e. The molecule has 0 N–H and O–H groups in total. The fraction of sp³-hybridized carbons (Fsp3) is 0.0769. The van der Waals surface area contributed by atoms with Crippen molar-refractivity contribution in [1.82, 2.24) is 0 Å². The van der Waals surface area contributed by atoms with Crippen molar-refractivity contribution in [3.05, 3.63) is 56.6 Å². The number of aryl methyl sites for hydroxylation is 1. The van der Waals surface area contributed by atoms with E-state index in [-0.39, 0.29) is 0 Å². The molecule has 15 heavy (non-hydrogen) atoms. The molecule has 0 amide bonds. The molecule has 2 aromatic carbocycles. The first-order chi connectivity index (χ1) is 7.18. The molecule has 0 aliphatic carbocycles. The summed E-state index contributed by atoms with van der Waals surface area (Å²) in [6.07, 6.45) is 0. The van der Waals surface area contributed by atoms with Gasteiger partial charge in [0.05, 0.1) is 0 Å². The minimum Gasteiger partial charge on any atom is -0.0837 e. The lowest BCUT2D eigenvalue weighted by Gasteiger charge is -2.08. The van der Waals surface area contributed by atoms with Gasteiger partial charge in [-0.3, -0.25) is 0 Å². The largest absolute Gasteiger partial charge is 0.0837 e. The van der Waals surface area contributed by atoms with Gasteiger partial charge in [-0.25, -0.2) is 0 Å². The van der Waals surface area contributed by atoms with E-state index in [1.807, 2.05) is 12.1 Å². The van der Waals surface area contributed by atoms with Gasteiger partial charge in [0, 0.05) is 14.2 Å². The van der Waals surface area contributed by atoms with Crippen LogP contribution < -0.4 is 0 Å². The quantitative estimate of drug-likeness (QED) is 0.652. The van der Waals surface area contributed by atoms with E-state index in [0.717, 1.165) is 10.6 Å². The summed E-state index contributed by atoms with van der Waals surface area (Å²) in [5.41, 5.74) is 3.53. The second kappa shape index (κ2) is 4.54. The van der Waals surface area contributed by atoms with Crippen LogP contribution in [0, 0.1) is 10.5 Å². The molecule has 0 unspecified atom stereocenters. The van der Waals surface area contributed by atoms with Crippen molar-refractivity contribution in [2.24, 2.45) is 0 Å². The van der Waals surface area contributed by atoms with Crippen LogP contribution in [0.2, 0.25) is 5.02 Å². The minimum atomic E-state index is 0.816. The third kappa shape index (κ3) is 2.34. The molecule has 2 heteroatoms. The van der Waals surface area contributed by atoms with Crippen LogP contribution in [0.25, 0.3) is 11.1 Å². The summed E-state index contributed by atoms with van der Waals surface area (Å²) < 4.78 is 1.24. The van der Waals surface area contributed by atoms with E-state index < -0.39 is 0 Å². The number of benzene rings is 2. The molecule has 0 saturated carbocycles. The molecule has 0 nitrogen and oxygen atoms in total. The van der Waals surface area contributed by atoms with E-state index >= 15 is 0 Å². The van der Waals surface area contributed by atoms with E-state index in [4.69, 9.17) is 11.6 Å². The Hall–Kier alpha value is -0.540. The third-order valence-corrected chi connectivity index (χ3v) is 3.39. The maximum atomic E-state index is 6.20. The summed E-state index contributed by atoms with van der Waals surface area (Å²) in [6, 6.07) is 14.4. The molecule has 0 saturated heterocycles. The standard InChI is InChI=1S/C13H10ClI/c1-9-3-2-4-12(14)13(9)10-5-7-11(15)8-6-10/h2-8H,1H3. The zero-order chi connectivity index (χ0) is 10.8. The lowest BCUT2D eigenvalue weighted by Crippen LogP contribution is -1.84.